The third-order valence-corrected chi connectivity index (χ3v) is 5.23. The fourth-order valence-corrected chi connectivity index (χ4v) is 3.96. The first-order chi connectivity index (χ1) is 11.1. The number of anilines is 1. The van der Waals surface area contributed by atoms with Crippen LogP contribution in [-0.2, 0) is 4.79 Å². The fourth-order valence-electron chi connectivity index (χ4n) is 3.24. The van der Waals surface area contributed by atoms with Crippen molar-refractivity contribution in [1.82, 2.24) is 0 Å². The van der Waals surface area contributed by atoms with Gasteiger partial charge in [-0.15, -0.1) is 0 Å². The lowest BCUT2D eigenvalue weighted by atomic mass is 9.83. The lowest BCUT2D eigenvalue weighted by Gasteiger charge is -2.28. The molecule has 4 heteroatoms. The van der Waals surface area contributed by atoms with Crippen molar-refractivity contribution in [1.29, 1.82) is 0 Å². The molecule has 4 rings (SSSR count). The molecule has 3 aromatic carbocycles. The molecule has 1 N–H and O–H groups in total. The number of amides is 1. The van der Waals surface area contributed by atoms with Crippen molar-refractivity contribution >= 4 is 49.9 Å². The van der Waals surface area contributed by atoms with E-state index in [0.717, 1.165) is 32.1 Å². The van der Waals surface area contributed by atoms with Gasteiger partial charge in [-0.25, -0.2) is 0 Å². The summed E-state index contributed by atoms with van der Waals surface area (Å²) >= 11 is 9.66. The van der Waals surface area contributed by atoms with Crippen molar-refractivity contribution in [3.63, 3.8) is 0 Å². The van der Waals surface area contributed by atoms with Crippen LogP contribution < -0.4 is 5.32 Å². The molecule has 0 bridgehead atoms. The predicted molar refractivity (Wildman–Crippen MR) is 98.2 cm³/mol. The molecule has 3 aromatic rings. The van der Waals surface area contributed by atoms with Crippen LogP contribution in [0.25, 0.3) is 10.8 Å². The van der Waals surface area contributed by atoms with E-state index in [1.807, 2.05) is 42.5 Å². The van der Waals surface area contributed by atoms with E-state index in [9.17, 15) is 4.79 Å². The Morgan fingerprint density at radius 3 is 2.48 bits per heavy atom. The summed E-state index contributed by atoms with van der Waals surface area (Å²) in [7, 11) is 0. The van der Waals surface area contributed by atoms with Crippen LogP contribution >= 0.6 is 27.5 Å². The van der Waals surface area contributed by atoms with Gasteiger partial charge in [0.25, 0.3) is 0 Å². The van der Waals surface area contributed by atoms with Crippen LogP contribution in [0, 0.1) is 0 Å². The van der Waals surface area contributed by atoms with E-state index in [4.69, 9.17) is 11.6 Å². The lowest BCUT2D eigenvalue weighted by Crippen LogP contribution is -2.23. The number of fused-ring (bicyclic) bond motifs is 3. The minimum absolute atomic E-state index is 0.0388. The Hall–Kier alpha value is -1.84. The van der Waals surface area contributed by atoms with Crippen molar-refractivity contribution < 1.29 is 4.79 Å². The van der Waals surface area contributed by atoms with Crippen LogP contribution in [0.4, 0.5) is 5.69 Å². The maximum Gasteiger partial charge on any atom is 0.225 e. The second-order valence-corrected chi connectivity index (χ2v) is 7.02. The molecule has 23 heavy (non-hydrogen) atoms. The van der Waals surface area contributed by atoms with Gasteiger partial charge < -0.3 is 5.32 Å². The van der Waals surface area contributed by atoms with Crippen molar-refractivity contribution in [3.05, 3.63) is 75.2 Å². The van der Waals surface area contributed by atoms with Crippen LogP contribution in [0.15, 0.2) is 59.1 Å². The molecule has 0 radical (unpaired) electrons. The smallest absolute Gasteiger partial charge is 0.225 e. The standard InChI is InChI=1S/C19H13BrClNO/c20-17-9-16-15(11-5-7-12(21)8-6-11)10-18(23)22-19(16)14-4-2-1-3-13(14)17/h1-9,15H,10H2,(H,22,23). The Balaban J connectivity index is 1.96. The van der Waals surface area contributed by atoms with E-state index in [0.29, 0.717) is 11.4 Å². The third kappa shape index (κ3) is 2.54. The highest BCUT2D eigenvalue weighted by Crippen LogP contribution is 2.43. The minimum atomic E-state index is 0.0388. The molecule has 0 aliphatic carbocycles. The molecule has 0 aromatic heterocycles. The summed E-state index contributed by atoms with van der Waals surface area (Å²) < 4.78 is 1.04. The summed E-state index contributed by atoms with van der Waals surface area (Å²) in [5.74, 6) is 0.0850. The van der Waals surface area contributed by atoms with Crippen molar-refractivity contribution in [3.8, 4) is 0 Å². The SMILES string of the molecule is O=C1CC(c2ccc(Cl)cc2)c2cc(Br)c3ccccc3c2N1. The number of carbonyl (C=O) groups excluding carboxylic acids is 1. The zero-order valence-electron chi connectivity index (χ0n) is 12.1. The van der Waals surface area contributed by atoms with Gasteiger partial charge in [-0.1, -0.05) is 63.9 Å². The van der Waals surface area contributed by atoms with Crippen LogP contribution in [0.3, 0.4) is 0 Å². The van der Waals surface area contributed by atoms with E-state index in [1.165, 1.54) is 0 Å². The maximum atomic E-state index is 12.3. The van der Waals surface area contributed by atoms with Gasteiger partial charge >= 0.3 is 0 Å². The molecule has 0 fully saturated rings. The van der Waals surface area contributed by atoms with Crippen molar-refractivity contribution in [2.24, 2.45) is 0 Å². The van der Waals surface area contributed by atoms with E-state index in [2.05, 4.69) is 33.4 Å². The van der Waals surface area contributed by atoms with Gasteiger partial charge in [0.05, 0.1) is 5.69 Å². The summed E-state index contributed by atoms with van der Waals surface area (Å²) in [6.45, 7) is 0. The Kier molecular flexibility index (Phi) is 3.63. The number of benzene rings is 3. The highest BCUT2D eigenvalue weighted by molar-refractivity contribution is 9.10. The second kappa shape index (κ2) is 5.66. The molecule has 1 atom stereocenters. The number of carbonyl (C=O) groups is 1. The monoisotopic (exact) mass is 385 g/mol. The van der Waals surface area contributed by atoms with Gasteiger partial charge in [-0.2, -0.15) is 0 Å². The van der Waals surface area contributed by atoms with Gasteiger partial charge in [0.1, 0.15) is 0 Å². The molecule has 1 unspecified atom stereocenters. The molecule has 1 amide bonds. The molecule has 1 heterocycles. The summed E-state index contributed by atoms with van der Waals surface area (Å²) in [5.41, 5.74) is 3.16. The first-order valence-corrected chi connectivity index (χ1v) is 8.57. The third-order valence-electron chi connectivity index (χ3n) is 4.33. The molecular weight excluding hydrogens is 374 g/mol. The van der Waals surface area contributed by atoms with E-state index in [1.54, 1.807) is 0 Å². The highest BCUT2D eigenvalue weighted by atomic mass is 79.9. The predicted octanol–water partition coefficient (Wildman–Crippen LogP) is 5.73. The summed E-state index contributed by atoms with van der Waals surface area (Å²) in [6.07, 6.45) is 0.444. The van der Waals surface area contributed by atoms with Crippen molar-refractivity contribution in [2.45, 2.75) is 12.3 Å². The van der Waals surface area contributed by atoms with Crippen LogP contribution in [-0.4, -0.2) is 5.91 Å². The van der Waals surface area contributed by atoms with Gasteiger partial charge in [-0.05, 0) is 34.7 Å². The topological polar surface area (TPSA) is 29.1 Å². The van der Waals surface area contributed by atoms with Gasteiger partial charge in [0.15, 0.2) is 0 Å². The minimum Gasteiger partial charge on any atom is -0.325 e. The molecule has 0 saturated carbocycles. The van der Waals surface area contributed by atoms with E-state index >= 15 is 0 Å². The second-order valence-electron chi connectivity index (χ2n) is 5.72. The number of nitrogens with one attached hydrogen (secondary N) is 1. The number of halogens is 2. The zero-order chi connectivity index (χ0) is 16.0. The Morgan fingerprint density at radius 2 is 1.74 bits per heavy atom. The number of rotatable bonds is 1. The Bertz CT molecular complexity index is 921. The quantitative estimate of drug-likeness (QED) is 0.568. The summed E-state index contributed by atoms with van der Waals surface area (Å²) in [6, 6.07) is 18.0. The van der Waals surface area contributed by atoms with Crippen LogP contribution in [0.1, 0.15) is 23.5 Å². The van der Waals surface area contributed by atoms with Crippen LogP contribution in [0.5, 0.6) is 0 Å². The maximum absolute atomic E-state index is 12.3. The summed E-state index contributed by atoms with van der Waals surface area (Å²) in [5, 5.41) is 5.92. The van der Waals surface area contributed by atoms with Crippen molar-refractivity contribution in [2.75, 3.05) is 5.32 Å². The van der Waals surface area contributed by atoms with Gasteiger partial charge in [-0.3, -0.25) is 4.79 Å². The normalized spacial score (nSPS) is 17.0. The van der Waals surface area contributed by atoms with E-state index in [-0.39, 0.29) is 11.8 Å². The first kappa shape index (κ1) is 14.7. The Labute approximate surface area is 147 Å². The average molecular weight is 387 g/mol. The number of hydrogen-bond donors (Lipinski definition) is 1. The van der Waals surface area contributed by atoms with Gasteiger partial charge in [0.2, 0.25) is 5.91 Å². The molecule has 1 aliphatic heterocycles. The molecule has 2 nitrogen and oxygen atoms in total. The number of hydrogen-bond acceptors (Lipinski definition) is 1. The largest absolute Gasteiger partial charge is 0.325 e. The molecule has 0 spiro atoms. The zero-order valence-corrected chi connectivity index (χ0v) is 14.5. The molecule has 1 aliphatic rings. The first-order valence-electron chi connectivity index (χ1n) is 7.40. The van der Waals surface area contributed by atoms with E-state index < -0.39 is 0 Å². The Morgan fingerprint density at radius 1 is 1.04 bits per heavy atom. The summed E-state index contributed by atoms with van der Waals surface area (Å²) in [4.78, 5) is 12.3. The average Bonchev–Trinajstić information content (AvgIpc) is 2.56. The lowest BCUT2D eigenvalue weighted by molar-refractivity contribution is -0.116. The molecular formula is C19H13BrClNO. The molecule has 114 valence electrons. The van der Waals surface area contributed by atoms with Crippen LogP contribution in [0.2, 0.25) is 5.02 Å². The highest BCUT2D eigenvalue weighted by Gasteiger charge is 2.28. The fraction of sp³-hybridized carbons (Fsp3) is 0.105. The molecule has 0 saturated heterocycles. The van der Waals surface area contributed by atoms with Gasteiger partial charge in [0, 0.05) is 27.2 Å².